The highest BCUT2D eigenvalue weighted by Gasteiger charge is 2.43. The van der Waals surface area contributed by atoms with Crippen LogP contribution in [0.5, 0.6) is 0 Å². The Morgan fingerprint density at radius 3 is 2.14 bits per heavy atom. The van der Waals surface area contributed by atoms with Crippen LogP contribution in [0.15, 0.2) is 24.3 Å². The number of nitrogens with zero attached hydrogens (tertiary/aromatic N) is 1. The lowest BCUT2D eigenvalue weighted by Crippen LogP contribution is -2.59. The minimum absolute atomic E-state index is 0.0408. The van der Waals surface area contributed by atoms with Crippen molar-refractivity contribution in [2.24, 2.45) is 5.92 Å². The average molecular weight is 500 g/mol. The predicted molar refractivity (Wildman–Crippen MR) is 141 cm³/mol. The molecule has 0 radical (unpaired) electrons. The molecule has 3 amide bonds. The molecule has 2 atom stereocenters. The Morgan fingerprint density at radius 2 is 1.61 bits per heavy atom. The molecule has 1 aromatic carbocycles. The lowest BCUT2D eigenvalue weighted by atomic mass is 9.86. The molecule has 7 heteroatoms. The van der Waals surface area contributed by atoms with Crippen LogP contribution in [0, 0.1) is 12.8 Å². The molecular weight excluding hydrogens is 454 g/mol. The average Bonchev–Trinajstić information content (AvgIpc) is 2.76. The molecule has 0 saturated heterocycles. The summed E-state index contributed by atoms with van der Waals surface area (Å²) in [5.41, 5.74) is 1.14. The van der Waals surface area contributed by atoms with Gasteiger partial charge in [0.2, 0.25) is 11.8 Å². The molecule has 1 aromatic rings. The van der Waals surface area contributed by atoms with E-state index >= 15 is 0 Å². The van der Waals surface area contributed by atoms with Gasteiger partial charge in [-0.3, -0.25) is 9.59 Å². The summed E-state index contributed by atoms with van der Waals surface area (Å²) in [5.74, 6) is -0.532. The van der Waals surface area contributed by atoms with E-state index in [1.807, 2.05) is 45.0 Å². The number of aryl methyl sites for hydroxylation is 1. The first kappa shape index (κ1) is 28.0. The number of carbonyl (C=O) groups excluding carboxylic acids is 3. The van der Waals surface area contributed by atoms with Crippen molar-refractivity contribution in [2.45, 2.75) is 123 Å². The standard InChI is InChI=1S/C29H45N3O4/c1-19(2)24(31-28(35)36-29(4,5)6)27(34)32(22-16-12-17-22)25(23-18-11-10-13-20(23)3)26(33)30-21-14-8-7-9-15-21/h10-11,13,18-19,21-22,24-25H,7-9,12,14-17H2,1-6H3,(H,30,33)(H,31,35). The molecule has 2 saturated carbocycles. The van der Waals surface area contributed by atoms with Crippen molar-refractivity contribution in [1.29, 1.82) is 0 Å². The fourth-order valence-electron chi connectivity index (χ4n) is 5.13. The Labute approximate surface area is 216 Å². The van der Waals surface area contributed by atoms with Crippen LogP contribution in [0.3, 0.4) is 0 Å². The van der Waals surface area contributed by atoms with Gasteiger partial charge in [-0.1, -0.05) is 57.4 Å². The van der Waals surface area contributed by atoms with Crippen LogP contribution >= 0.6 is 0 Å². The molecule has 36 heavy (non-hydrogen) atoms. The van der Waals surface area contributed by atoms with Gasteiger partial charge in [-0.05, 0) is 76.8 Å². The molecule has 2 unspecified atom stereocenters. The van der Waals surface area contributed by atoms with Gasteiger partial charge in [0.15, 0.2) is 0 Å². The molecule has 0 bridgehead atoms. The van der Waals surface area contributed by atoms with Gasteiger partial charge in [0.25, 0.3) is 0 Å². The molecule has 200 valence electrons. The third kappa shape index (κ3) is 7.23. The summed E-state index contributed by atoms with van der Waals surface area (Å²) >= 11 is 0. The van der Waals surface area contributed by atoms with E-state index in [1.165, 1.54) is 6.42 Å². The number of rotatable bonds is 8. The molecule has 0 aromatic heterocycles. The van der Waals surface area contributed by atoms with Gasteiger partial charge in [0, 0.05) is 12.1 Å². The van der Waals surface area contributed by atoms with Gasteiger partial charge >= 0.3 is 6.09 Å². The summed E-state index contributed by atoms with van der Waals surface area (Å²) in [4.78, 5) is 42.6. The molecule has 2 aliphatic rings. The second-order valence-corrected chi connectivity index (χ2v) is 11.8. The Hall–Kier alpha value is -2.57. The number of ether oxygens (including phenoxy) is 1. The molecule has 0 aliphatic heterocycles. The summed E-state index contributed by atoms with van der Waals surface area (Å²) in [6.45, 7) is 11.2. The Kier molecular flexibility index (Phi) is 9.42. The zero-order valence-electron chi connectivity index (χ0n) is 22.9. The highest BCUT2D eigenvalue weighted by Crippen LogP contribution is 2.35. The van der Waals surface area contributed by atoms with Gasteiger partial charge in [-0.25, -0.2) is 4.79 Å². The quantitative estimate of drug-likeness (QED) is 0.500. The molecule has 2 aliphatic carbocycles. The number of nitrogens with one attached hydrogen (secondary N) is 2. The van der Waals surface area contributed by atoms with E-state index in [9.17, 15) is 14.4 Å². The van der Waals surface area contributed by atoms with E-state index in [0.29, 0.717) is 0 Å². The maximum Gasteiger partial charge on any atom is 0.408 e. The SMILES string of the molecule is Cc1ccccc1C(C(=O)NC1CCCCC1)N(C(=O)C(NC(=O)OC(C)(C)C)C(C)C)C1CCC1. The van der Waals surface area contributed by atoms with E-state index in [1.54, 1.807) is 25.7 Å². The first-order valence-corrected chi connectivity index (χ1v) is 13.7. The van der Waals surface area contributed by atoms with E-state index in [-0.39, 0.29) is 29.8 Å². The van der Waals surface area contributed by atoms with Gasteiger partial charge in [-0.2, -0.15) is 0 Å². The predicted octanol–water partition coefficient (Wildman–Crippen LogP) is 5.42. The minimum atomic E-state index is -0.797. The van der Waals surface area contributed by atoms with Crippen molar-refractivity contribution in [3.05, 3.63) is 35.4 Å². The Morgan fingerprint density at radius 1 is 0.972 bits per heavy atom. The van der Waals surface area contributed by atoms with E-state index < -0.39 is 23.8 Å². The van der Waals surface area contributed by atoms with Crippen LogP contribution in [0.1, 0.15) is 103 Å². The van der Waals surface area contributed by atoms with Crippen LogP contribution < -0.4 is 10.6 Å². The molecule has 0 spiro atoms. The van der Waals surface area contributed by atoms with Crippen LogP contribution in [0.4, 0.5) is 4.79 Å². The summed E-state index contributed by atoms with van der Waals surface area (Å²) in [6, 6.07) is 6.36. The van der Waals surface area contributed by atoms with Gasteiger partial charge in [0.1, 0.15) is 17.7 Å². The van der Waals surface area contributed by atoms with Gasteiger partial charge in [-0.15, -0.1) is 0 Å². The molecule has 0 heterocycles. The number of benzene rings is 1. The molecule has 2 fully saturated rings. The second-order valence-electron chi connectivity index (χ2n) is 11.8. The van der Waals surface area contributed by atoms with Crippen LogP contribution in [-0.4, -0.2) is 46.5 Å². The van der Waals surface area contributed by atoms with Crippen LogP contribution in [-0.2, 0) is 14.3 Å². The zero-order valence-corrected chi connectivity index (χ0v) is 22.9. The lowest BCUT2D eigenvalue weighted by Gasteiger charge is -2.44. The Balaban J connectivity index is 1.96. The van der Waals surface area contributed by atoms with E-state index in [2.05, 4.69) is 10.6 Å². The maximum absolute atomic E-state index is 14.2. The number of hydrogen-bond acceptors (Lipinski definition) is 4. The van der Waals surface area contributed by atoms with Gasteiger partial charge in [0.05, 0.1) is 0 Å². The number of carbonyl (C=O) groups is 3. The van der Waals surface area contributed by atoms with Crippen molar-refractivity contribution in [2.75, 3.05) is 0 Å². The van der Waals surface area contributed by atoms with Crippen LogP contribution in [0.25, 0.3) is 0 Å². The van der Waals surface area contributed by atoms with Crippen molar-refractivity contribution < 1.29 is 19.1 Å². The first-order chi connectivity index (χ1) is 17.0. The summed E-state index contributed by atoms with van der Waals surface area (Å²) in [7, 11) is 0. The zero-order chi connectivity index (χ0) is 26.5. The third-order valence-electron chi connectivity index (χ3n) is 7.29. The highest BCUT2D eigenvalue weighted by molar-refractivity contribution is 5.93. The largest absolute Gasteiger partial charge is 0.444 e. The second kappa shape index (κ2) is 12.1. The van der Waals surface area contributed by atoms with Crippen molar-refractivity contribution >= 4 is 17.9 Å². The summed E-state index contributed by atoms with van der Waals surface area (Å²) < 4.78 is 5.46. The van der Waals surface area contributed by atoms with E-state index in [0.717, 1.165) is 56.1 Å². The highest BCUT2D eigenvalue weighted by atomic mass is 16.6. The normalized spacial score (nSPS) is 18.6. The van der Waals surface area contributed by atoms with E-state index in [4.69, 9.17) is 4.74 Å². The maximum atomic E-state index is 14.2. The molecule has 7 nitrogen and oxygen atoms in total. The fourth-order valence-corrected chi connectivity index (χ4v) is 5.13. The monoisotopic (exact) mass is 499 g/mol. The smallest absolute Gasteiger partial charge is 0.408 e. The Bertz CT molecular complexity index is 913. The summed E-state index contributed by atoms with van der Waals surface area (Å²) in [6.07, 6.45) is 7.46. The minimum Gasteiger partial charge on any atom is -0.444 e. The molecule has 3 rings (SSSR count). The number of alkyl carbamates (subject to hydrolysis) is 1. The van der Waals surface area contributed by atoms with Crippen molar-refractivity contribution in [3.8, 4) is 0 Å². The number of amides is 3. The van der Waals surface area contributed by atoms with Crippen molar-refractivity contribution in [1.82, 2.24) is 15.5 Å². The summed E-state index contributed by atoms with van der Waals surface area (Å²) in [5, 5.41) is 6.09. The van der Waals surface area contributed by atoms with Gasteiger partial charge < -0.3 is 20.3 Å². The van der Waals surface area contributed by atoms with Crippen LogP contribution in [0.2, 0.25) is 0 Å². The topological polar surface area (TPSA) is 87.7 Å². The number of hydrogen-bond donors (Lipinski definition) is 2. The lowest BCUT2D eigenvalue weighted by molar-refractivity contribution is -0.148. The molecular formula is C29H45N3O4. The van der Waals surface area contributed by atoms with Crippen molar-refractivity contribution in [3.63, 3.8) is 0 Å². The molecule has 2 N–H and O–H groups in total. The first-order valence-electron chi connectivity index (χ1n) is 13.7. The third-order valence-corrected chi connectivity index (χ3v) is 7.29. The fraction of sp³-hybridized carbons (Fsp3) is 0.690.